The number of fused-ring (bicyclic) bond motifs is 1. The van der Waals surface area contributed by atoms with E-state index < -0.39 is 23.1 Å². The quantitative estimate of drug-likeness (QED) is 0.317. The fraction of sp³-hybridized carbons (Fsp3) is 0.125. The summed E-state index contributed by atoms with van der Waals surface area (Å²) in [7, 11) is 0. The maximum atomic E-state index is 13.7. The van der Waals surface area contributed by atoms with Gasteiger partial charge in [-0.25, -0.2) is 0 Å². The summed E-state index contributed by atoms with van der Waals surface area (Å²) in [5, 5.41) is 0.474. The highest BCUT2D eigenvalue weighted by Crippen LogP contribution is 2.38. The average Bonchev–Trinajstić information content (AvgIpc) is 2.75. The second kappa shape index (κ2) is 8.59. The van der Waals surface area contributed by atoms with Crippen LogP contribution in [0.3, 0.4) is 0 Å². The minimum absolute atomic E-state index is 0.0600. The van der Waals surface area contributed by atoms with Gasteiger partial charge in [0.25, 0.3) is 5.76 Å². The molecule has 1 aromatic heterocycles. The Morgan fingerprint density at radius 2 is 1.69 bits per heavy atom. The Balaban J connectivity index is 1.72. The summed E-state index contributed by atoms with van der Waals surface area (Å²) in [5.74, 6) is -2.10. The molecule has 32 heavy (non-hydrogen) atoms. The summed E-state index contributed by atoms with van der Waals surface area (Å²) in [6, 6.07) is 17.3. The SMILES string of the molecule is Cc1ccc(Oc2c(C(F)(F)F)oc3cc(OCc4cccc(Cl)c4)ccc3c2=O)cc1. The van der Waals surface area contributed by atoms with Gasteiger partial charge < -0.3 is 13.9 Å². The smallest absolute Gasteiger partial charge is 0.453 e. The standard InChI is InChI=1S/C24H16ClF3O4/c1-14-5-7-17(8-6-14)31-22-21(29)19-10-9-18(12-20(19)32-23(22)24(26,27)28)30-13-15-3-2-4-16(25)11-15/h2-12H,13H2,1H3. The second-order valence-corrected chi connectivity index (χ2v) is 7.52. The zero-order chi connectivity index (χ0) is 22.9. The first-order valence-electron chi connectivity index (χ1n) is 9.50. The highest BCUT2D eigenvalue weighted by atomic mass is 35.5. The van der Waals surface area contributed by atoms with Crippen molar-refractivity contribution in [3.05, 3.63) is 98.9 Å². The van der Waals surface area contributed by atoms with Crippen LogP contribution in [0.2, 0.25) is 5.02 Å². The van der Waals surface area contributed by atoms with E-state index in [1.807, 2.05) is 6.92 Å². The summed E-state index contributed by atoms with van der Waals surface area (Å²) in [4.78, 5) is 12.9. The number of aryl methyl sites for hydroxylation is 1. The van der Waals surface area contributed by atoms with Crippen LogP contribution in [-0.4, -0.2) is 0 Å². The molecule has 4 rings (SSSR count). The molecular weight excluding hydrogens is 445 g/mol. The first-order chi connectivity index (χ1) is 15.2. The highest BCUT2D eigenvalue weighted by Gasteiger charge is 2.40. The fourth-order valence-electron chi connectivity index (χ4n) is 3.04. The van der Waals surface area contributed by atoms with Gasteiger partial charge in [-0.15, -0.1) is 0 Å². The number of hydrogen-bond acceptors (Lipinski definition) is 4. The number of alkyl halides is 3. The van der Waals surface area contributed by atoms with Crippen LogP contribution >= 0.6 is 11.6 Å². The van der Waals surface area contributed by atoms with Gasteiger partial charge in [0.2, 0.25) is 11.2 Å². The van der Waals surface area contributed by atoms with Crippen LogP contribution in [-0.2, 0) is 12.8 Å². The van der Waals surface area contributed by atoms with E-state index in [2.05, 4.69) is 0 Å². The van der Waals surface area contributed by atoms with Gasteiger partial charge in [0.1, 0.15) is 23.7 Å². The molecule has 3 aromatic carbocycles. The summed E-state index contributed by atoms with van der Waals surface area (Å²) in [5.41, 5.74) is 0.476. The monoisotopic (exact) mass is 460 g/mol. The van der Waals surface area contributed by atoms with Gasteiger partial charge >= 0.3 is 6.18 Å². The molecule has 0 saturated carbocycles. The van der Waals surface area contributed by atoms with E-state index in [4.69, 9.17) is 25.5 Å². The maximum absolute atomic E-state index is 13.7. The number of rotatable bonds is 5. The normalized spacial score (nSPS) is 11.5. The van der Waals surface area contributed by atoms with E-state index in [0.29, 0.717) is 5.02 Å². The zero-order valence-electron chi connectivity index (χ0n) is 16.7. The molecule has 0 bridgehead atoms. The molecule has 0 aliphatic heterocycles. The topological polar surface area (TPSA) is 48.7 Å². The first kappa shape index (κ1) is 21.8. The largest absolute Gasteiger partial charge is 0.489 e. The molecule has 0 fully saturated rings. The van der Waals surface area contributed by atoms with E-state index >= 15 is 0 Å². The molecule has 1 heterocycles. The molecule has 0 amide bonds. The number of halogens is 4. The zero-order valence-corrected chi connectivity index (χ0v) is 17.5. The van der Waals surface area contributed by atoms with E-state index in [-0.39, 0.29) is 29.1 Å². The van der Waals surface area contributed by atoms with Crippen LogP contribution in [0.15, 0.2) is 75.9 Å². The predicted octanol–water partition coefficient (Wildman–Crippen LogP) is 7.14. The molecule has 0 N–H and O–H groups in total. The maximum Gasteiger partial charge on any atom is 0.453 e. The van der Waals surface area contributed by atoms with Gasteiger partial charge in [-0.3, -0.25) is 4.79 Å². The van der Waals surface area contributed by atoms with Gasteiger partial charge in [-0.1, -0.05) is 41.4 Å². The van der Waals surface area contributed by atoms with Crippen molar-refractivity contribution in [3.8, 4) is 17.2 Å². The van der Waals surface area contributed by atoms with E-state index in [1.54, 1.807) is 36.4 Å². The fourth-order valence-corrected chi connectivity index (χ4v) is 3.26. The Kier molecular flexibility index (Phi) is 5.84. The molecule has 164 valence electrons. The molecule has 0 saturated heterocycles. The lowest BCUT2D eigenvalue weighted by molar-refractivity contribution is -0.154. The van der Waals surface area contributed by atoms with Crippen molar-refractivity contribution in [2.45, 2.75) is 19.7 Å². The third kappa shape index (κ3) is 4.73. The Labute approximate surface area is 185 Å². The highest BCUT2D eigenvalue weighted by molar-refractivity contribution is 6.30. The van der Waals surface area contributed by atoms with Crippen molar-refractivity contribution in [3.63, 3.8) is 0 Å². The Bertz CT molecular complexity index is 1330. The third-order valence-corrected chi connectivity index (χ3v) is 4.85. The van der Waals surface area contributed by atoms with E-state index in [9.17, 15) is 18.0 Å². The van der Waals surface area contributed by atoms with E-state index in [1.165, 1.54) is 30.3 Å². The summed E-state index contributed by atoms with van der Waals surface area (Å²) in [6.07, 6.45) is -4.94. The lowest BCUT2D eigenvalue weighted by Gasteiger charge is -2.14. The van der Waals surface area contributed by atoms with Gasteiger partial charge in [0.15, 0.2) is 0 Å². The van der Waals surface area contributed by atoms with E-state index in [0.717, 1.165) is 11.1 Å². The van der Waals surface area contributed by atoms with Gasteiger partial charge in [0.05, 0.1) is 5.39 Å². The molecule has 0 radical (unpaired) electrons. The number of hydrogen-bond donors (Lipinski definition) is 0. The van der Waals surface area contributed by atoms with Crippen LogP contribution in [0.4, 0.5) is 13.2 Å². The first-order valence-corrected chi connectivity index (χ1v) is 9.88. The number of benzene rings is 3. The summed E-state index contributed by atoms with van der Waals surface area (Å²) >= 11 is 5.94. The molecule has 0 aliphatic carbocycles. The van der Waals surface area contributed by atoms with Crippen molar-refractivity contribution >= 4 is 22.6 Å². The Morgan fingerprint density at radius 3 is 2.38 bits per heavy atom. The average molecular weight is 461 g/mol. The second-order valence-electron chi connectivity index (χ2n) is 7.08. The molecule has 0 spiro atoms. The molecule has 0 aliphatic rings. The lowest BCUT2D eigenvalue weighted by atomic mass is 10.2. The predicted molar refractivity (Wildman–Crippen MR) is 115 cm³/mol. The van der Waals surface area contributed by atoms with Gasteiger partial charge in [0, 0.05) is 11.1 Å². The minimum Gasteiger partial charge on any atom is -0.489 e. The molecule has 8 heteroatoms. The minimum atomic E-state index is -4.94. The lowest BCUT2D eigenvalue weighted by Crippen LogP contribution is -2.15. The molecule has 4 aromatic rings. The van der Waals surface area contributed by atoms with Crippen LogP contribution < -0.4 is 14.9 Å². The summed E-state index contributed by atoms with van der Waals surface area (Å²) in [6.45, 7) is 1.96. The summed E-state index contributed by atoms with van der Waals surface area (Å²) < 4.78 is 57.0. The number of ether oxygens (including phenoxy) is 2. The van der Waals surface area contributed by atoms with Crippen molar-refractivity contribution in [1.82, 2.24) is 0 Å². The van der Waals surface area contributed by atoms with Gasteiger partial charge in [-0.05, 0) is 48.9 Å². The third-order valence-electron chi connectivity index (χ3n) is 4.62. The molecular formula is C24H16ClF3O4. The van der Waals surface area contributed by atoms with Crippen molar-refractivity contribution in [1.29, 1.82) is 0 Å². The molecule has 4 nitrogen and oxygen atoms in total. The Hall–Kier alpha value is -3.45. The molecule has 0 unspecified atom stereocenters. The van der Waals surface area contributed by atoms with Gasteiger partial charge in [-0.2, -0.15) is 13.2 Å². The van der Waals surface area contributed by atoms with Crippen molar-refractivity contribution in [2.75, 3.05) is 0 Å². The molecule has 0 atom stereocenters. The van der Waals surface area contributed by atoms with Crippen LogP contribution in [0.25, 0.3) is 11.0 Å². The van der Waals surface area contributed by atoms with Crippen LogP contribution in [0.5, 0.6) is 17.2 Å². The van der Waals surface area contributed by atoms with Crippen molar-refractivity contribution < 1.29 is 27.1 Å². The van der Waals surface area contributed by atoms with Crippen LogP contribution in [0, 0.1) is 6.92 Å². The Morgan fingerprint density at radius 1 is 0.969 bits per heavy atom. The van der Waals surface area contributed by atoms with Crippen LogP contribution in [0.1, 0.15) is 16.9 Å². The van der Waals surface area contributed by atoms with Crippen molar-refractivity contribution in [2.24, 2.45) is 0 Å².